The summed E-state index contributed by atoms with van der Waals surface area (Å²) >= 11 is 0. The van der Waals surface area contributed by atoms with E-state index < -0.39 is 0 Å². The first-order chi connectivity index (χ1) is 4.41. The molecule has 0 unspecified atom stereocenters. The van der Waals surface area contributed by atoms with E-state index in [4.69, 9.17) is 0 Å². The maximum absolute atomic E-state index is 11.5. The van der Waals surface area contributed by atoms with Crippen LogP contribution in [0.25, 0.3) is 0 Å². The Labute approximate surface area is 56.8 Å². The van der Waals surface area contributed by atoms with Gasteiger partial charge in [0.1, 0.15) is 0 Å². The highest BCUT2D eigenvalue weighted by atomic mass is 19.1. The van der Waals surface area contributed by atoms with Gasteiger partial charge in [-0.05, 0) is 32.6 Å². The molecule has 0 aromatic heterocycles. The van der Waals surface area contributed by atoms with Gasteiger partial charge in [0.25, 0.3) is 0 Å². The largest absolute Gasteiger partial charge is 0.251 e. The lowest BCUT2D eigenvalue weighted by Crippen LogP contribution is -1.74. The van der Waals surface area contributed by atoms with E-state index in [-0.39, 0.29) is 6.67 Å². The molecule has 0 saturated carbocycles. The van der Waals surface area contributed by atoms with Gasteiger partial charge in [-0.15, -0.1) is 0 Å². The summed E-state index contributed by atoms with van der Waals surface area (Å²) in [7, 11) is 0. The van der Waals surface area contributed by atoms with Crippen molar-refractivity contribution in [1.29, 1.82) is 0 Å². The summed E-state index contributed by atoms with van der Waals surface area (Å²) in [6, 6.07) is 0. The third kappa shape index (κ3) is 7.67. The van der Waals surface area contributed by atoms with Crippen LogP contribution in [-0.4, -0.2) is 6.67 Å². The van der Waals surface area contributed by atoms with Gasteiger partial charge < -0.3 is 0 Å². The van der Waals surface area contributed by atoms with Crippen molar-refractivity contribution in [2.75, 3.05) is 6.67 Å². The highest BCUT2D eigenvalue weighted by Crippen LogP contribution is 1.96. The van der Waals surface area contributed by atoms with Crippen molar-refractivity contribution in [2.24, 2.45) is 0 Å². The maximum Gasteiger partial charge on any atom is 0.0894 e. The molecule has 0 aromatic carbocycles. The lowest BCUT2D eigenvalue weighted by atomic mass is 10.2. The zero-order chi connectivity index (χ0) is 6.95. The monoisotopic (exact) mass is 129 g/mol. The second-order valence-corrected chi connectivity index (χ2v) is 1.94. The zero-order valence-electron chi connectivity index (χ0n) is 5.78. The van der Waals surface area contributed by atoms with Gasteiger partial charge >= 0.3 is 0 Å². The Balaban J connectivity index is 2.82. The summed E-state index contributed by atoms with van der Waals surface area (Å²) in [6.07, 6.45) is 7.57. The summed E-state index contributed by atoms with van der Waals surface area (Å²) in [5, 5.41) is 0. The molecule has 0 nitrogen and oxygen atoms in total. The molecule has 0 amide bonds. The maximum atomic E-state index is 11.5. The van der Waals surface area contributed by atoms with Gasteiger partial charge in [-0.2, -0.15) is 0 Å². The molecule has 0 aliphatic rings. The Morgan fingerprint density at radius 1 is 1.22 bits per heavy atom. The van der Waals surface area contributed by atoms with Crippen LogP contribution < -0.4 is 0 Å². The number of halogens is 1. The Morgan fingerprint density at radius 2 is 2.00 bits per heavy atom. The molecule has 0 atom stereocenters. The lowest BCUT2D eigenvalue weighted by molar-refractivity contribution is 0.463. The van der Waals surface area contributed by atoms with E-state index >= 15 is 0 Å². The predicted octanol–water partition coefficient (Wildman–Crippen LogP) is 2.91. The average molecular weight is 129 g/mol. The van der Waals surface area contributed by atoms with E-state index in [1.807, 2.05) is 6.08 Å². The fourth-order valence-electron chi connectivity index (χ4n) is 0.592. The predicted molar refractivity (Wildman–Crippen MR) is 38.9 cm³/mol. The molecule has 0 rings (SSSR count). The van der Waals surface area contributed by atoms with Crippen molar-refractivity contribution in [3.8, 4) is 0 Å². The minimum absolute atomic E-state index is 0.182. The van der Waals surface area contributed by atoms with Crippen LogP contribution >= 0.6 is 0 Å². The minimum atomic E-state index is -0.182. The first kappa shape index (κ1) is 8.67. The van der Waals surface area contributed by atoms with Gasteiger partial charge in [-0.25, -0.2) is 0 Å². The summed E-state index contributed by atoms with van der Waals surface area (Å²) in [6.45, 7) is 3.46. The molecule has 1 radical (unpaired) electrons. The highest BCUT2D eigenvalue weighted by Gasteiger charge is 1.81. The molecule has 0 heterocycles. The average Bonchev–Trinajstić information content (AvgIpc) is 1.89. The van der Waals surface area contributed by atoms with Crippen LogP contribution in [-0.2, 0) is 0 Å². The van der Waals surface area contributed by atoms with E-state index in [2.05, 4.69) is 13.0 Å². The Kier molecular flexibility index (Phi) is 7.39. The van der Waals surface area contributed by atoms with Crippen LogP contribution in [0.2, 0.25) is 0 Å². The van der Waals surface area contributed by atoms with Crippen molar-refractivity contribution in [1.82, 2.24) is 0 Å². The molecular formula is C8H14F. The van der Waals surface area contributed by atoms with Crippen molar-refractivity contribution >= 4 is 0 Å². The fraction of sp³-hybridized carbons (Fsp3) is 0.625. The topological polar surface area (TPSA) is 0 Å². The van der Waals surface area contributed by atoms with Gasteiger partial charge in [0.05, 0.1) is 6.67 Å². The SMILES string of the molecule is [CH2]C/C=C/CCCCF. The van der Waals surface area contributed by atoms with E-state index in [1.54, 1.807) is 0 Å². The zero-order valence-corrected chi connectivity index (χ0v) is 5.78. The Bertz CT molecular complexity index is 67.0. The molecular weight excluding hydrogens is 115 g/mol. The van der Waals surface area contributed by atoms with E-state index in [9.17, 15) is 4.39 Å². The van der Waals surface area contributed by atoms with Gasteiger partial charge in [0.15, 0.2) is 0 Å². The molecule has 0 N–H and O–H groups in total. The summed E-state index contributed by atoms with van der Waals surface area (Å²) in [5.41, 5.74) is 0. The van der Waals surface area contributed by atoms with Crippen molar-refractivity contribution in [2.45, 2.75) is 25.7 Å². The number of allylic oxidation sites excluding steroid dienone is 2. The molecule has 0 bridgehead atoms. The first-order valence-electron chi connectivity index (χ1n) is 3.42. The Hall–Kier alpha value is -0.330. The van der Waals surface area contributed by atoms with E-state index in [0.717, 1.165) is 19.3 Å². The van der Waals surface area contributed by atoms with Gasteiger partial charge in [-0.1, -0.05) is 12.2 Å². The summed E-state index contributed by atoms with van der Waals surface area (Å²) < 4.78 is 11.5. The third-order valence-electron chi connectivity index (χ3n) is 1.09. The molecule has 1 heteroatoms. The minimum Gasteiger partial charge on any atom is -0.251 e. The van der Waals surface area contributed by atoms with E-state index in [0.29, 0.717) is 6.42 Å². The van der Waals surface area contributed by atoms with Crippen molar-refractivity contribution in [3.63, 3.8) is 0 Å². The summed E-state index contributed by atoms with van der Waals surface area (Å²) in [5.74, 6) is 0. The lowest BCUT2D eigenvalue weighted by Gasteiger charge is -1.88. The molecule has 0 saturated heterocycles. The smallest absolute Gasteiger partial charge is 0.0894 e. The standard InChI is InChI=1S/C8H14F/c1-2-3-4-5-6-7-8-9/h3-4H,1-2,5-8H2/b4-3+. The van der Waals surface area contributed by atoms with Gasteiger partial charge in [-0.3, -0.25) is 4.39 Å². The molecule has 53 valence electrons. The van der Waals surface area contributed by atoms with Crippen LogP contribution in [0.4, 0.5) is 4.39 Å². The number of unbranched alkanes of at least 4 members (excludes halogenated alkanes) is 2. The quantitative estimate of drug-likeness (QED) is 0.395. The Morgan fingerprint density at radius 3 is 2.56 bits per heavy atom. The first-order valence-corrected chi connectivity index (χ1v) is 3.42. The van der Waals surface area contributed by atoms with Gasteiger partial charge in [0, 0.05) is 0 Å². The van der Waals surface area contributed by atoms with Crippen molar-refractivity contribution < 1.29 is 4.39 Å². The fourth-order valence-corrected chi connectivity index (χ4v) is 0.592. The van der Waals surface area contributed by atoms with Gasteiger partial charge in [0.2, 0.25) is 0 Å². The number of alkyl halides is 1. The van der Waals surface area contributed by atoms with Crippen LogP contribution in [0.15, 0.2) is 12.2 Å². The van der Waals surface area contributed by atoms with Crippen molar-refractivity contribution in [3.05, 3.63) is 19.1 Å². The normalized spacial score (nSPS) is 10.9. The van der Waals surface area contributed by atoms with Crippen LogP contribution in [0.1, 0.15) is 25.7 Å². The molecule has 0 aliphatic carbocycles. The number of hydrogen-bond acceptors (Lipinski definition) is 0. The summed E-state index contributed by atoms with van der Waals surface area (Å²) in [4.78, 5) is 0. The van der Waals surface area contributed by atoms with Crippen LogP contribution in [0.3, 0.4) is 0 Å². The number of hydrogen-bond donors (Lipinski definition) is 0. The second kappa shape index (κ2) is 7.67. The molecule has 0 spiro atoms. The van der Waals surface area contributed by atoms with E-state index in [1.165, 1.54) is 0 Å². The van der Waals surface area contributed by atoms with Crippen LogP contribution in [0, 0.1) is 6.92 Å². The van der Waals surface area contributed by atoms with Crippen LogP contribution in [0.5, 0.6) is 0 Å². The molecule has 0 fully saturated rings. The number of rotatable bonds is 5. The molecule has 0 aromatic rings. The molecule has 0 aliphatic heterocycles. The second-order valence-electron chi connectivity index (χ2n) is 1.94. The third-order valence-corrected chi connectivity index (χ3v) is 1.09. The molecule has 9 heavy (non-hydrogen) atoms. The highest BCUT2D eigenvalue weighted by molar-refractivity contribution is 4.81.